The SMILES string of the molecule is CCNC(=O)C(C)NC(=O)Nc1ccc(CC(=O)O)cc1. The summed E-state index contributed by atoms with van der Waals surface area (Å²) in [5.41, 5.74) is 1.16. The first-order valence-electron chi connectivity index (χ1n) is 6.58. The summed E-state index contributed by atoms with van der Waals surface area (Å²) in [4.78, 5) is 33.7. The summed E-state index contributed by atoms with van der Waals surface area (Å²) in [5, 5.41) is 16.3. The highest BCUT2D eigenvalue weighted by molar-refractivity contribution is 5.93. The first-order valence-corrected chi connectivity index (χ1v) is 6.58. The van der Waals surface area contributed by atoms with Crippen LogP contribution < -0.4 is 16.0 Å². The molecule has 0 aliphatic carbocycles. The van der Waals surface area contributed by atoms with Crippen molar-refractivity contribution in [1.29, 1.82) is 0 Å². The molecule has 1 aromatic rings. The molecule has 0 bridgehead atoms. The Labute approximate surface area is 122 Å². The van der Waals surface area contributed by atoms with Gasteiger partial charge < -0.3 is 21.1 Å². The lowest BCUT2D eigenvalue weighted by atomic mass is 10.1. The van der Waals surface area contributed by atoms with E-state index < -0.39 is 18.0 Å². The fourth-order valence-corrected chi connectivity index (χ4v) is 1.64. The number of carbonyl (C=O) groups excluding carboxylic acids is 2. The van der Waals surface area contributed by atoms with Crippen LogP contribution in [0.1, 0.15) is 19.4 Å². The van der Waals surface area contributed by atoms with Crippen molar-refractivity contribution in [2.75, 3.05) is 11.9 Å². The second-order valence-electron chi connectivity index (χ2n) is 4.48. The van der Waals surface area contributed by atoms with E-state index in [1.165, 1.54) is 0 Å². The lowest BCUT2D eigenvalue weighted by Crippen LogP contribution is -2.46. The molecule has 0 radical (unpaired) electrons. The van der Waals surface area contributed by atoms with Gasteiger partial charge in [-0.15, -0.1) is 0 Å². The van der Waals surface area contributed by atoms with Crippen LogP contribution in [0.15, 0.2) is 24.3 Å². The van der Waals surface area contributed by atoms with E-state index in [9.17, 15) is 14.4 Å². The van der Waals surface area contributed by atoms with E-state index in [1.807, 2.05) is 0 Å². The van der Waals surface area contributed by atoms with E-state index >= 15 is 0 Å². The Bertz CT molecular complexity index is 513. The minimum absolute atomic E-state index is 0.0688. The Balaban J connectivity index is 2.51. The predicted molar refractivity (Wildman–Crippen MR) is 78.1 cm³/mol. The molecule has 0 spiro atoms. The Morgan fingerprint density at radius 2 is 1.81 bits per heavy atom. The molecule has 21 heavy (non-hydrogen) atoms. The molecule has 1 atom stereocenters. The Morgan fingerprint density at radius 1 is 1.19 bits per heavy atom. The van der Waals surface area contributed by atoms with E-state index in [0.717, 1.165) is 0 Å². The highest BCUT2D eigenvalue weighted by atomic mass is 16.4. The maximum atomic E-state index is 11.7. The normalized spacial score (nSPS) is 11.3. The van der Waals surface area contributed by atoms with Gasteiger partial charge in [-0.3, -0.25) is 9.59 Å². The fraction of sp³-hybridized carbons (Fsp3) is 0.357. The number of hydrogen-bond donors (Lipinski definition) is 4. The molecule has 7 heteroatoms. The van der Waals surface area contributed by atoms with Gasteiger partial charge >= 0.3 is 12.0 Å². The highest BCUT2D eigenvalue weighted by Gasteiger charge is 2.14. The molecule has 1 unspecified atom stereocenters. The van der Waals surface area contributed by atoms with Crippen LogP contribution in [0.5, 0.6) is 0 Å². The highest BCUT2D eigenvalue weighted by Crippen LogP contribution is 2.10. The molecule has 0 aromatic heterocycles. The van der Waals surface area contributed by atoms with Gasteiger partial charge in [0, 0.05) is 12.2 Å². The second-order valence-corrected chi connectivity index (χ2v) is 4.48. The number of rotatable bonds is 6. The van der Waals surface area contributed by atoms with Crippen molar-refractivity contribution in [3.8, 4) is 0 Å². The van der Waals surface area contributed by atoms with Gasteiger partial charge in [-0.1, -0.05) is 12.1 Å². The molecule has 3 amide bonds. The molecule has 1 rings (SSSR count). The summed E-state index contributed by atoms with van der Waals surface area (Å²) >= 11 is 0. The van der Waals surface area contributed by atoms with Crippen LogP contribution in [-0.2, 0) is 16.0 Å². The van der Waals surface area contributed by atoms with Crippen molar-refractivity contribution in [3.63, 3.8) is 0 Å². The van der Waals surface area contributed by atoms with Crippen molar-refractivity contribution in [2.24, 2.45) is 0 Å². The maximum Gasteiger partial charge on any atom is 0.319 e. The minimum atomic E-state index is -0.913. The third-order valence-electron chi connectivity index (χ3n) is 2.66. The van der Waals surface area contributed by atoms with Crippen LogP contribution in [-0.4, -0.2) is 35.6 Å². The minimum Gasteiger partial charge on any atom is -0.481 e. The third-order valence-corrected chi connectivity index (χ3v) is 2.66. The molecule has 0 saturated carbocycles. The van der Waals surface area contributed by atoms with E-state index in [0.29, 0.717) is 17.8 Å². The quantitative estimate of drug-likeness (QED) is 0.626. The van der Waals surface area contributed by atoms with Crippen LogP contribution in [0.25, 0.3) is 0 Å². The number of anilines is 1. The van der Waals surface area contributed by atoms with Crippen LogP contribution in [0.4, 0.5) is 10.5 Å². The maximum absolute atomic E-state index is 11.7. The van der Waals surface area contributed by atoms with E-state index in [-0.39, 0.29) is 12.3 Å². The van der Waals surface area contributed by atoms with Crippen molar-refractivity contribution >= 4 is 23.6 Å². The average molecular weight is 293 g/mol. The summed E-state index contributed by atoms with van der Waals surface area (Å²) in [7, 11) is 0. The van der Waals surface area contributed by atoms with Gasteiger partial charge in [-0.05, 0) is 31.5 Å². The summed E-state index contributed by atoms with van der Waals surface area (Å²) in [6.45, 7) is 3.88. The number of benzene rings is 1. The number of hydrogen-bond acceptors (Lipinski definition) is 3. The van der Waals surface area contributed by atoms with Gasteiger partial charge in [-0.2, -0.15) is 0 Å². The summed E-state index contributed by atoms with van der Waals surface area (Å²) < 4.78 is 0. The molecular formula is C14H19N3O4. The van der Waals surface area contributed by atoms with Crippen LogP contribution >= 0.6 is 0 Å². The second kappa shape index (κ2) is 7.88. The number of urea groups is 1. The smallest absolute Gasteiger partial charge is 0.319 e. The van der Waals surface area contributed by atoms with E-state index in [2.05, 4.69) is 16.0 Å². The van der Waals surface area contributed by atoms with Gasteiger partial charge in [0.15, 0.2) is 0 Å². The number of carbonyl (C=O) groups is 3. The van der Waals surface area contributed by atoms with Gasteiger partial charge in [0.1, 0.15) is 6.04 Å². The van der Waals surface area contributed by atoms with Crippen molar-refractivity contribution in [1.82, 2.24) is 10.6 Å². The van der Waals surface area contributed by atoms with Crippen LogP contribution in [0.2, 0.25) is 0 Å². The zero-order valence-corrected chi connectivity index (χ0v) is 12.0. The number of amides is 3. The van der Waals surface area contributed by atoms with E-state index in [4.69, 9.17) is 5.11 Å². The molecular weight excluding hydrogens is 274 g/mol. The molecule has 4 N–H and O–H groups in total. The summed E-state index contributed by atoms with van der Waals surface area (Å²) in [5.74, 6) is -1.17. The molecule has 0 fully saturated rings. The largest absolute Gasteiger partial charge is 0.481 e. The first kappa shape index (κ1) is 16.5. The van der Waals surface area contributed by atoms with Gasteiger partial charge in [0.25, 0.3) is 0 Å². The van der Waals surface area contributed by atoms with Crippen LogP contribution in [0, 0.1) is 0 Å². The number of carboxylic acid groups (broad SMARTS) is 1. The van der Waals surface area contributed by atoms with Crippen molar-refractivity contribution in [2.45, 2.75) is 26.3 Å². The Kier molecular flexibility index (Phi) is 6.19. The zero-order valence-electron chi connectivity index (χ0n) is 12.0. The molecule has 0 heterocycles. The van der Waals surface area contributed by atoms with Crippen molar-refractivity contribution in [3.05, 3.63) is 29.8 Å². The Morgan fingerprint density at radius 3 is 2.33 bits per heavy atom. The average Bonchev–Trinajstić information content (AvgIpc) is 2.40. The lowest BCUT2D eigenvalue weighted by Gasteiger charge is -2.14. The molecule has 0 aliphatic heterocycles. The molecule has 7 nitrogen and oxygen atoms in total. The predicted octanol–water partition coefficient (Wildman–Crippen LogP) is 0.960. The number of aliphatic carboxylic acids is 1. The van der Waals surface area contributed by atoms with Gasteiger partial charge in [-0.25, -0.2) is 4.79 Å². The molecule has 1 aromatic carbocycles. The fourth-order valence-electron chi connectivity index (χ4n) is 1.64. The molecule has 0 saturated heterocycles. The topological polar surface area (TPSA) is 108 Å². The third kappa shape index (κ3) is 5.94. The van der Waals surface area contributed by atoms with Crippen LogP contribution in [0.3, 0.4) is 0 Å². The number of carboxylic acids is 1. The number of nitrogens with one attached hydrogen (secondary N) is 3. The monoisotopic (exact) mass is 293 g/mol. The summed E-state index contributed by atoms with van der Waals surface area (Å²) in [6.07, 6.45) is -0.0688. The zero-order chi connectivity index (χ0) is 15.8. The standard InChI is InChI=1S/C14H19N3O4/c1-3-15-13(20)9(2)16-14(21)17-11-6-4-10(5-7-11)8-12(18)19/h4-7,9H,3,8H2,1-2H3,(H,15,20)(H,18,19)(H2,16,17,21). The Hall–Kier alpha value is -2.57. The van der Waals surface area contributed by atoms with Gasteiger partial charge in [0.05, 0.1) is 6.42 Å². The molecule has 0 aliphatic rings. The van der Waals surface area contributed by atoms with E-state index in [1.54, 1.807) is 38.1 Å². The molecule has 114 valence electrons. The van der Waals surface area contributed by atoms with Gasteiger partial charge in [0.2, 0.25) is 5.91 Å². The summed E-state index contributed by atoms with van der Waals surface area (Å²) in [6, 6.07) is 5.31. The number of likely N-dealkylation sites (N-methyl/N-ethyl adjacent to an activating group) is 1. The lowest BCUT2D eigenvalue weighted by molar-refractivity contribution is -0.136. The first-order chi connectivity index (χ1) is 9.92. The van der Waals surface area contributed by atoms with Crippen molar-refractivity contribution < 1.29 is 19.5 Å².